The van der Waals surface area contributed by atoms with Gasteiger partial charge in [-0.15, -0.1) is 24.8 Å². The molecule has 2 N–H and O–H groups in total. The predicted octanol–water partition coefficient (Wildman–Crippen LogP) is 5.68. The van der Waals surface area contributed by atoms with Gasteiger partial charge in [-0.2, -0.15) is 0 Å². The SMILES string of the molecule is Brc1ccc(-c2ccc(C=C3CCCN=C3c3cccnc3)[nH]2)[nH]1.Cl.Cl. The van der Waals surface area contributed by atoms with Crippen molar-refractivity contribution in [2.24, 2.45) is 4.99 Å². The van der Waals surface area contributed by atoms with E-state index < -0.39 is 0 Å². The van der Waals surface area contributed by atoms with E-state index in [0.29, 0.717) is 0 Å². The number of aromatic nitrogens is 3. The van der Waals surface area contributed by atoms with E-state index in [-0.39, 0.29) is 24.8 Å². The van der Waals surface area contributed by atoms with Crippen LogP contribution in [0.25, 0.3) is 17.5 Å². The van der Waals surface area contributed by atoms with Crippen LogP contribution in [0.5, 0.6) is 0 Å². The van der Waals surface area contributed by atoms with E-state index in [1.807, 2.05) is 18.3 Å². The van der Waals surface area contributed by atoms with Crippen molar-refractivity contribution in [3.63, 3.8) is 0 Å². The Morgan fingerprint density at radius 1 is 1.00 bits per heavy atom. The molecule has 4 heterocycles. The topological polar surface area (TPSA) is 56.8 Å². The predicted molar refractivity (Wildman–Crippen MR) is 116 cm³/mol. The Bertz CT molecular complexity index is 913. The first-order valence-corrected chi connectivity index (χ1v) is 8.78. The Hall–Kier alpha value is -1.82. The fourth-order valence-corrected chi connectivity index (χ4v) is 3.31. The van der Waals surface area contributed by atoms with Gasteiger partial charge in [0.1, 0.15) is 0 Å². The summed E-state index contributed by atoms with van der Waals surface area (Å²) in [7, 11) is 0. The molecule has 1 aliphatic heterocycles. The average molecular weight is 454 g/mol. The van der Waals surface area contributed by atoms with Crippen LogP contribution in [0.3, 0.4) is 0 Å². The molecule has 0 spiro atoms. The molecule has 0 fully saturated rings. The monoisotopic (exact) mass is 452 g/mol. The van der Waals surface area contributed by atoms with Crippen molar-refractivity contribution in [1.29, 1.82) is 0 Å². The molecule has 0 saturated heterocycles. The van der Waals surface area contributed by atoms with E-state index >= 15 is 0 Å². The van der Waals surface area contributed by atoms with Gasteiger partial charge in [0.05, 0.1) is 21.7 Å². The second kappa shape index (κ2) is 9.21. The normalized spacial score (nSPS) is 15.1. The van der Waals surface area contributed by atoms with Crippen LogP contribution in [0.4, 0.5) is 0 Å². The number of pyridine rings is 1. The first-order valence-electron chi connectivity index (χ1n) is 7.99. The summed E-state index contributed by atoms with van der Waals surface area (Å²) in [4.78, 5) is 15.7. The Kier molecular flexibility index (Phi) is 7.26. The van der Waals surface area contributed by atoms with Crippen LogP contribution in [0.2, 0.25) is 0 Å². The summed E-state index contributed by atoms with van der Waals surface area (Å²) in [6.45, 7) is 0.883. The number of allylic oxidation sites excluding steroid dienone is 1. The van der Waals surface area contributed by atoms with Crippen molar-refractivity contribution in [2.75, 3.05) is 6.54 Å². The lowest BCUT2D eigenvalue weighted by Gasteiger charge is -2.16. The van der Waals surface area contributed by atoms with Crippen LogP contribution in [-0.4, -0.2) is 27.2 Å². The number of aromatic amines is 2. The van der Waals surface area contributed by atoms with Crippen LogP contribution in [0.1, 0.15) is 24.1 Å². The van der Waals surface area contributed by atoms with Crippen molar-refractivity contribution in [1.82, 2.24) is 15.0 Å². The van der Waals surface area contributed by atoms with E-state index in [0.717, 1.165) is 52.3 Å². The summed E-state index contributed by atoms with van der Waals surface area (Å²) < 4.78 is 0.977. The molecule has 0 amide bonds. The lowest BCUT2D eigenvalue weighted by molar-refractivity contribution is 0.818. The summed E-state index contributed by atoms with van der Waals surface area (Å²) in [6, 6.07) is 12.3. The first kappa shape index (κ1) is 20.5. The minimum Gasteiger partial charge on any atom is -0.354 e. The zero-order chi connectivity index (χ0) is 16.4. The third-order valence-corrected chi connectivity index (χ3v) is 4.55. The number of halogens is 3. The molecule has 0 aromatic carbocycles. The number of aliphatic imine (C=N–C) groups is 1. The molecule has 3 aromatic rings. The Labute approximate surface area is 173 Å². The molecule has 1 aliphatic rings. The van der Waals surface area contributed by atoms with Gasteiger partial charge in [-0.1, -0.05) is 0 Å². The number of hydrogen-bond acceptors (Lipinski definition) is 2. The summed E-state index contributed by atoms with van der Waals surface area (Å²) >= 11 is 3.45. The van der Waals surface area contributed by atoms with Crippen LogP contribution >= 0.6 is 40.7 Å². The van der Waals surface area contributed by atoms with E-state index in [1.165, 1.54) is 5.57 Å². The highest BCUT2D eigenvalue weighted by Gasteiger charge is 2.14. The van der Waals surface area contributed by atoms with Gasteiger partial charge in [0.15, 0.2) is 0 Å². The van der Waals surface area contributed by atoms with Crippen molar-refractivity contribution < 1.29 is 0 Å². The van der Waals surface area contributed by atoms with Gasteiger partial charge in [-0.3, -0.25) is 9.98 Å². The second-order valence-electron chi connectivity index (χ2n) is 5.79. The number of hydrogen-bond donors (Lipinski definition) is 2. The lowest BCUT2D eigenvalue weighted by atomic mass is 9.96. The molecule has 3 aromatic heterocycles. The van der Waals surface area contributed by atoms with Gasteiger partial charge < -0.3 is 9.97 Å². The second-order valence-corrected chi connectivity index (χ2v) is 6.65. The highest BCUT2D eigenvalue weighted by molar-refractivity contribution is 9.10. The molecule has 7 heteroatoms. The van der Waals surface area contributed by atoms with Crippen LogP contribution in [-0.2, 0) is 0 Å². The lowest BCUT2D eigenvalue weighted by Crippen LogP contribution is -2.11. The van der Waals surface area contributed by atoms with Crippen molar-refractivity contribution in [3.8, 4) is 11.4 Å². The maximum Gasteiger partial charge on any atom is 0.0825 e. The third-order valence-electron chi connectivity index (χ3n) is 4.09. The van der Waals surface area contributed by atoms with Gasteiger partial charge in [0.2, 0.25) is 0 Å². The van der Waals surface area contributed by atoms with Gasteiger partial charge in [-0.25, -0.2) is 0 Å². The minimum atomic E-state index is 0. The zero-order valence-corrected chi connectivity index (χ0v) is 17.1. The molecular weight excluding hydrogens is 435 g/mol. The summed E-state index contributed by atoms with van der Waals surface area (Å²) in [5, 5.41) is 0. The van der Waals surface area contributed by atoms with Crippen LogP contribution in [0.15, 0.2) is 64.0 Å². The maximum atomic E-state index is 4.73. The minimum absolute atomic E-state index is 0. The molecule has 0 saturated carbocycles. The first-order chi connectivity index (χ1) is 11.8. The molecule has 4 rings (SSSR count). The number of nitrogens with one attached hydrogen (secondary N) is 2. The Balaban J connectivity index is 0.00000121. The van der Waals surface area contributed by atoms with Crippen molar-refractivity contribution >= 4 is 52.5 Å². The van der Waals surface area contributed by atoms with E-state index in [2.05, 4.69) is 61.2 Å². The summed E-state index contributed by atoms with van der Waals surface area (Å²) in [5.41, 5.74) is 6.63. The largest absolute Gasteiger partial charge is 0.354 e. The molecule has 0 aliphatic carbocycles. The smallest absolute Gasteiger partial charge is 0.0825 e. The average Bonchev–Trinajstić information content (AvgIpc) is 3.25. The molecule has 136 valence electrons. The van der Waals surface area contributed by atoms with Crippen molar-refractivity contribution in [3.05, 3.63) is 70.2 Å². The number of H-pyrrole nitrogens is 2. The highest BCUT2D eigenvalue weighted by Crippen LogP contribution is 2.24. The zero-order valence-electron chi connectivity index (χ0n) is 13.9. The third kappa shape index (κ3) is 4.47. The van der Waals surface area contributed by atoms with Crippen LogP contribution in [0, 0.1) is 0 Å². The fourth-order valence-electron chi connectivity index (χ4n) is 2.97. The molecule has 4 nitrogen and oxygen atoms in total. The fraction of sp³-hybridized carbons (Fsp3) is 0.158. The molecule has 0 atom stereocenters. The van der Waals surface area contributed by atoms with E-state index in [9.17, 15) is 0 Å². The Morgan fingerprint density at radius 3 is 2.54 bits per heavy atom. The summed E-state index contributed by atoms with van der Waals surface area (Å²) in [6.07, 6.45) is 8.01. The quantitative estimate of drug-likeness (QED) is 0.526. The molecule has 26 heavy (non-hydrogen) atoms. The van der Waals surface area contributed by atoms with Gasteiger partial charge >= 0.3 is 0 Å². The molecule has 0 bridgehead atoms. The standard InChI is InChI=1S/C19H17BrN4.2ClH/c20-18-8-7-17(24-18)16-6-5-15(23-16)11-13-3-2-10-22-19(13)14-4-1-9-21-12-14;;/h1,4-9,11-12,23-24H,2-3,10H2;2*1H. The van der Waals surface area contributed by atoms with Crippen LogP contribution < -0.4 is 0 Å². The van der Waals surface area contributed by atoms with Gasteiger partial charge in [0, 0.05) is 30.2 Å². The van der Waals surface area contributed by atoms with Crippen molar-refractivity contribution in [2.45, 2.75) is 12.8 Å². The molecular formula is C19H19BrCl2N4. The highest BCUT2D eigenvalue weighted by atomic mass is 79.9. The maximum absolute atomic E-state index is 4.73. The molecule has 0 unspecified atom stereocenters. The number of nitrogens with zero attached hydrogens (tertiary/aromatic N) is 2. The van der Waals surface area contributed by atoms with E-state index in [1.54, 1.807) is 6.20 Å². The molecule has 0 radical (unpaired) electrons. The van der Waals surface area contributed by atoms with Gasteiger partial charge in [0.25, 0.3) is 0 Å². The number of rotatable bonds is 3. The van der Waals surface area contributed by atoms with E-state index in [4.69, 9.17) is 4.99 Å². The summed E-state index contributed by atoms with van der Waals surface area (Å²) in [5.74, 6) is 0. The Morgan fingerprint density at radius 2 is 1.81 bits per heavy atom. The van der Waals surface area contributed by atoms with Gasteiger partial charge in [-0.05, 0) is 76.8 Å².